The first-order chi connectivity index (χ1) is 4.66. The van der Waals surface area contributed by atoms with Crippen LogP contribution in [-0.2, 0) is 13.5 Å². The number of aromatic nitrogens is 1. The predicted molar refractivity (Wildman–Crippen MR) is 47.2 cm³/mol. The fourth-order valence-electron chi connectivity index (χ4n) is 1.14. The number of aryl methyl sites for hydroxylation is 1. The average molecular weight is 202 g/mol. The van der Waals surface area contributed by atoms with Crippen molar-refractivity contribution >= 4 is 15.9 Å². The monoisotopic (exact) mass is 201 g/mol. The lowest BCUT2D eigenvalue weighted by Gasteiger charge is -2.01. The number of rotatable bonds is 1. The van der Waals surface area contributed by atoms with E-state index < -0.39 is 0 Å². The molecule has 0 amide bonds. The predicted octanol–water partition coefficient (Wildman–Crippen LogP) is 2.66. The molecule has 1 aromatic heterocycles. The molecule has 0 spiro atoms. The van der Waals surface area contributed by atoms with Gasteiger partial charge in [-0.05, 0) is 35.3 Å². The number of halogens is 1. The summed E-state index contributed by atoms with van der Waals surface area (Å²) in [6, 6.07) is 2.15. The van der Waals surface area contributed by atoms with E-state index in [1.54, 1.807) is 0 Å². The molecule has 0 fully saturated rings. The van der Waals surface area contributed by atoms with Crippen molar-refractivity contribution in [2.75, 3.05) is 0 Å². The standard InChI is InChI=1S/C8H12BrN/c1-4-8-7(9)5-6(2)10(8)3/h5H,4H2,1-3H3. The maximum absolute atomic E-state index is 3.51. The Labute approximate surface area is 70.2 Å². The van der Waals surface area contributed by atoms with Gasteiger partial charge in [0.1, 0.15) is 0 Å². The van der Waals surface area contributed by atoms with E-state index in [2.05, 4.69) is 47.5 Å². The lowest BCUT2D eigenvalue weighted by atomic mass is 10.3. The molecule has 1 heterocycles. The van der Waals surface area contributed by atoms with Gasteiger partial charge in [-0.2, -0.15) is 0 Å². The zero-order chi connectivity index (χ0) is 7.72. The first kappa shape index (κ1) is 7.86. The largest absolute Gasteiger partial charge is 0.351 e. The summed E-state index contributed by atoms with van der Waals surface area (Å²) in [4.78, 5) is 0. The Morgan fingerprint density at radius 1 is 1.60 bits per heavy atom. The van der Waals surface area contributed by atoms with E-state index in [1.165, 1.54) is 15.9 Å². The second-order valence-corrected chi connectivity index (χ2v) is 3.35. The van der Waals surface area contributed by atoms with E-state index in [-0.39, 0.29) is 0 Å². The Hall–Kier alpha value is -0.240. The van der Waals surface area contributed by atoms with E-state index >= 15 is 0 Å². The minimum Gasteiger partial charge on any atom is -0.351 e. The number of hydrogen-bond acceptors (Lipinski definition) is 0. The number of nitrogens with zero attached hydrogens (tertiary/aromatic N) is 1. The summed E-state index contributed by atoms with van der Waals surface area (Å²) < 4.78 is 3.44. The van der Waals surface area contributed by atoms with Gasteiger partial charge >= 0.3 is 0 Å². The molecule has 10 heavy (non-hydrogen) atoms. The summed E-state index contributed by atoms with van der Waals surface area (Å²) in [7, 11) is 2.10. The van der Waals surface area contributed by atoms with Gasteiger partial charge in [0.05, 0.1) is 0 Å². The fourth-order valence-corrected chi connectivity index (χ4v) is 2.02. The van der Waals surface area contributed by atoms with E-state index in [1.807, 2.05) is 0 Å². The van der Waals surface area contributed by atoms with E-state index in [4.69, 9.17) is 0 Å². The van der Waals surface area contributed by atoms with Crippen LogP contribution in [0, 0.1) is 6.92 Å². The molecule has 0 aliphatic carbocycles. The van der Waals surface area contributed by atoms with Gasteiger partial charge in [0.15, 0.2) is 0 Å². The summed E-state index contributed by atoms with van der Waals surface area (Å²) in [5.74, 6) is 0. The van der Waals surface area contributed by atoms with Crippen molar-refractivity contribution < 1.29 is 0 Å². The average Bonchev–Trinajstić information content (AvgIpc) is 2.09. The molecule has 1 aromatic rings. The van der Waals surface area contributed by atoms with Gasteiger partial charge in [-0.3, -0.25) is 0 Å². The minimum absolute atomic E-state index is 1.09. The lowest BCUT2D eigenvalue weighted by Crippen LogP contribution is -1.96. The molecule has 0 saturated heterocycles. The van der Waals surface area contributed by atoms with Crippen LogP contribution in [0.1, 0.15) is 18.3 Å². The molecule has 0 radical (unpaired) electrons. The van der Waals surface area contributed by atoms with E-state index in [0.717, 1.165) is 6.42 Å². The van der Waals surface area contributed by atoms with Crippen LogP contribution in [0.5, 0.6) is 0 Å². The Bertz CT molecular complexity index is 238. The normalized spacial score (nSPS) is 10.4. The zero-order valence-electron chi connectivity index (χ0n) is 6.61. The van der Waals surface area contributed by atoms with Crippen molar-refractivity contribution in [2.24, 2.45) is 7.05 Å². The molecule has 0 aromatic carbocycles. The summed E-state index contributed by atoms with van der Waals surface area (Å²) in [5.41, 5.74) is 2.68. The van der Waals surface area contributed by atoms with Crippen molar-refractivity contribution in [3.8, 4) is 0 Å². The first-order valence-corrected chi connectivity index (χ1v) is 4.26. The zero-order valence-corrected chi connectivity index (χ0v) is 8.20. The van der Waals surface area contributed by atoms with Crippen LogP contribution in [0.2, 0.25) is 0 Å². The molecule has 0 aliphatic rings. The SMILES string of the molecule is CCc1c(Br)cc(C)n1C. The maximum atomic E-state index is 3.51. The van der Waals surface area contributed by atoms with Crippen molar-refractivity contribution in [2.45, 2.75) is 20.3 Å². The fraction of sp³-hybridized carbons (Fsp3) is 0.500. The highest BCUT2D eigenvalue weighted by Gasteiger charge is 2.03. The second-order valence-electron chi connectivity index (χ2n) is 2.49. The minimum atomic E-state index is 1.09. The van der Waals surface area contributed by atoms with Crippen LogP contribution < -0.4 is 0 Å². The lowest BCUT2D eigenvalue weighted by molar-refractivity contribution is 0.805. The van der Waals surface area contributed by atoms with Crippen molar-refractivity contribution in [1.29, 1.82) is 0 Å². The summed E-state index contributed by atoms with van der Waals surface area (Å²) in [6.45, 7) is 4.28. The summed E-state index contributed by atoms with van der Waals surface area (Å²) in [6.07, 6.45) is 1.09. The Morgan fingerprint density at radius 2 is 2.20 bits per heavy atom. The van der Waals surface area contributed by atoms with Gasteiger partial charge in [0.2, 0.25) is 0 Å². The molecule has 0 aliphatic heterocycles. The van der Waals surface area contributed by atoms with Crippen molar-refractivity contribution in [3.63, 3.8) is 0 Å². The Kier molecular flexibility index (Phi) is 2.19. The summed E-state index contributed by atoms with van der Waals surface area (Å²) in [5, 5.41) is 0. The summed E-state index contributed by atoms with van der Waals surface area (Å²) >= 11 is 3.51. The molecule has 0 unspecified atom stereocenters. The molecule has 0 N–H and O–H groups in total. The van der Waals surface area contributed by atoms with Gasteiger partial charge in [-0.1, -0.05) is 6.92 Å². The van der Waals surface area contributed by atoms with Crippen LogP contribution in [0.25, 0.3) is 0 Å². The molecule has 0 atom stereocenters. The highest BCUT2D eigenvalue weighted by atomic mass is 79.9. The third kappa shape index (κ3) is 1.12. The van der Waals surface area contributed by atoms with Gasteiger partial charge in [-0.25, -0.2) is 0 Å². The van der Waals surface area contributed by atoms with Gasteiger partial charge in [-0.15, -0.1) is 0 Å². The molecular weight excluding hydrogens is 190 g/mol. The van der Waals surface area contributed by atoms with E-state index in [0.29, 0.717) is 0 Å². The van der Waals surface area contributed by atoms with Gasteiger partial charge < -0.3 is 4.57 Å². The van der Waals surface area contributed by atoms with Gasteiger partial charge in [0.25, 0.3) is 0 Å². The quantitative estimate of drug-likeness (QED) is 0.659. The third-order valence-corrected chi connectivity index (χ3v) is 2.57. The highest BCUT2D eigenvalue weighted by molar-refractivity contribution is 9.10. The molecular formula is C8H12BrN. The Morgan fingerprint density at radius 3 is 2.40 bits per heavy atom. The first-order valence-electron chi connectivity index (χ1n) is 3.47. The van der Waals surface area contributed by atoms with Crippen molar-refractivity contribution in [1.82, 2.24) is 4.57 Å². The molecule has 2 heteroatoms. The van der Waals surface area contributed by atoms with Crippen LogP contribution in [0.3, 0.4) is 0 Å². The third-order valence-electron chi connectivity index (χ3n) is 1.88. The molecule has 0 bridgehead atoms. The maximum Gasteiger partial charge on any atom is 0.0387 e. The molecule has 0 saturated carbocycles. The van der Waals surface area contributed by atoms with Crippen LogP contribution in [0.4, 0.5) is 0 Å². The highest BCUT2D eigenvalue weighted by Crippen LogP contribution is 2.20. The topological polar surface area (TPSA) is 4.93 Å². The second kappa shape index (κ2) is 2.79. The smallest absolute Gasteiger partial charge is 0.0387 e. The van der Waals surface area contributed by atoms with Crippen LogP contribution >= 0.6 is 15.9 Å². The van der Waals surface area contributed by atoms with E-state index in [9.17, 15) is 0 Å². The van der Waals surface area contributed by atoms with Gasteiger partial charge in [0, 0.05) is 22.9 Å². The molecule has 1 rings (SSSR count). The molecule has 1 nitrogen and oxygen atoms in total. The number of hydrogen-bond donors (Lipinski definition) is 0. The van der Waals surface area contributed by atoms with Crippen LogP contribution in [-0.4, -0.2) is 4.57 Å². The van der Waals surface area contributed by atoms with Crippen molar-refractivity contribution in [3.05, 3.63) is 21.9 Å². The van der Waals surface area contributed by atoms with Crippen LogP contribution in [0.15, 0.2) is 10.5 Å². The molecule has 56 valence electrons. The Balaban J connectivity index is 3.20.